The van der Waals surface area contributed by atoms with Gasteiger partial charge in [-0.05, 0) is 47.0 Å². The van der Waals surface area contributed by atoms with E-state index in [0.29, 0.717) is 26.7 Å². The molecule has 0 spiro atoms. The highest BCUT2D eigenvalue weighted by atomic mass is 35.5. The number of amidine groups is 1. The molecule has 0 aliphatic carbocycles. The molecule has 1 saturated heterocycles. The molecule has 0 radical (unpaired) electrons. The zero-order valence-corrected chi connectivity index (χ0v) is 15.9. The summed E-state index contributed by atoms with van der Waals surface area (Å²) in [5.74, 6) is 0.438. The van der Waals surface area contributed by atoms with Crippen molar-refractivity contribution in [2.75, 3.05) is 7.05 Å². The van der Waals surface area contributed by atoms with Gasteiger partial charge in [-0.25, -0.2) is 4.99 Å². The minimum atomic E-state index is -0.0521. The van der Waals surface area contributed by atoms with Crippen molar-refractivity contribution in [1.29, 1.82) is 0 Å². The maximum absolute atomic E-state index is 12.5. The molecule has 0 unspecified atom stereocenters. The molecule has 3 rings (SSSR count). The molecule has 1 heterocycles. The molecule has 0 atom stereocenters. The number of halogens is 1. The summed E-state index contributed by atoms with van der Waals surface area (Å²) in [4.78, 5) is 19.2. The second kappa shape index (κ2) is 7.46. The van der Waals surface area contributed by atoms with Crippen LogP contribution in [0, 0.1) is 0 Å². The number of benzene rings is 2. The van der Waals surface area contributed by atoms with Gasteiger partial charge >= 0.3 is 0 Å². The average Bonchev–Trinajstić information content (AvgIpc) is 2.85. The van der Waals surface area contributed by atoms with E-state index in [2.05, 4.69) is 31.0 Å². The lowest BCUT2D eigenvalue weighted by molar-refractivity contribution is -0.121. The van der Waals surface area contributed by atoms with Crippen LogP contribution in [0.25, 0.3) is 6.08 Å². The van der Waals surface area contributed by atoms with E-state index in [-0.39, 0.29) is 5.91 Å². The van der Waals surface area contributed by atoms with Crippen LogP contribution in [0.4, 0.5) is 5.69 Å². The van der Waals surface area contributed by atoms with E-state index in [1.165, 1.54) is 17.3 Å². The molecule has 2 aromatic rings. The average molecular weight is 371 g/mol. The molecule has 1 aliphatic rings. The highest BCUT2D eigenvalue weighted by Gasteiger charge is 2.30. The van der Waals surface area contributed by atoms with Crippen LogP contribution in [0.2, 0.25) is 5.02 Å². The summed E-state index contributed by atoms with van der Waals surface area (Å²) in [6.45, 7) is 4.33. The first-order valence-electron chi connectivity index (χ1n) is 8.06. The van der Waals surface area contributed by atoms with E-state index in [9.17, 15) is 4.79 Å². The summed E-state index contributed by atoms with van der Waals surface area (Å²) in [5.41, 5.74) is 2.95. The fraction of sp³-hybridized carbons (Fsp3) is 0.200. The molecule has 0 N–H and O–H groups in total. The topological polar surface area (TPSA) is 32.7 Å². The number of carbonyl (C=O) groups is 1. The third kappa shape index (κ3) is 3.97. The second-order valence-corrected chi connectivity index (χ2v) is 7.56. The van der Waals surface area contributed by atoms with Crippen molar-refractivity contribution in [2.24, 2.45) is 4.99 Å². The minimum absolute atomic E-state index is 0.0521. The SMILES string of the molecule is CC(C)c1ccc(/C=C2/SC(=Nc3ccccc3Cl)N(C)C2=O)cc1. The van der Waals surface area contributed by atoms with Gasteiger partial charge in [-0.3, -0.25) is 9.69 Å². The third-order valence-corrected chi connectivity index (χ3v) is 5.35. The van der Waals surface area contributed by atoms with Crippen LogP contribution in [0.1, 0.15) is 30.9 Å². The largest absolute Gasteiger partial charge is 0.290 e. The van der Waals surface area contributed by atoms with Gasteiger partial charge in [0.15, 0.2) is 5.17 Å². The molecule has 1 aliphatic heterocycles. The highest BCUT2D eigenvalue weighted by Crippen LogP contribution is 2.34. The monoisotopic (exact) mass is 370 g/mol. The number of thioether (sulfide) groups is 1. The van der Waals surface area contributed by atoms with Crippen molar-refractivity contribution in [3.8, 4) is 0 Å². The van der Waals surface area contributed by atoms with E-state index in [4.69, 9.17) is 11.6 Å². The molecule has 0 saturated carbocycles. The van der Waals surface area contributed by atoms with Crippen molar-refractivity contribution in [3.05, 3.63) is 69.6 Å². The Morgan fingerprint density at radius 1 is 1.12 bits per heavy atom. The van der Waals surface area contributed by atoms with Crippen molar-refractivity contribution in [1.82, 2.24) is 4.90 Å². The standard InChI is InChI=1S/C20H19ClN2OS/c1-13(2)15-10-8-14(9-11-15)12-18-19(24)23(3)20(25-18)22-17-7-5-4-6-16(17)21/h4-13H,1-3H3/b18-12+,22-20?. The number of para-hydroxylation sites is 1. The third-order valence-electron chi connectivity index (χ3n) is 3.97. The molecule has 1 fully saturated rings. The number of nitrogens with zero attached hydrogens (tertiary/aromatic N) is 2. The number of likely N-dealkylation sites (N-methyl/N-ethyl adjacent to an activating group) is 1. The van der Waals surface area contributed by atoms with Gasteiger partial charge < -0.3 is 0 Å². The molecule has 3 nitrogen and oxygen atoms in total. The Hall–Kier alpha value is -2.04. The van der Waals surface area contributed by atoms with Gasteiger partial charge in [0.2, 0.25) is 0 Å². The van der Waals surface area contributed by atoms with Crippen LogP contribution in [0.3, 0.4) is 0 Å². The van der Waals surface area contributed by atoms with Crippen molar-refractivity contribution < 1.29 is 4.79 Å². The lowest BCUT2D eigenvalue weighted by Gasteiger charge is -2.07. The van der Waals surface area contributed by atoms with Crippen LogP contribution < -0.4 is 0 Å². The summed E-state index contributed by atoms with van der Waals surface area (Å²) in [6, 6.07) is 15.6. The van der Waals surface area contributed by atoms with E-state index in [1.54, 1.807) is 18.0 Å². The predicted molar refractivity (Wildman–Crippen MR) is 107 cm³/mol. The highest BCUT2D eigenvalue weighted by molar-refractivity contribution is 8.18. The van der Waals surface area contributed by atoms with Gasteiger partial charge in [0.1, 0.15) is 0 Å². The first-order valence-corrected chi connectivity index (χ1v) is 9.26. The second-order valence-electron chi connectivity index (χ2n) is 6.14. The maximum atomic E-state index is 12.5. The number of carbonyl (C=O) groups excluding carboxylic acids is 1. The Bertz CT molecular complexity index is 856. The Morgan fingerprint density at radius 3 is 2.44 bits per heavy atom. The van der Waals surface area contributed by atoms with Crippen molar-refractivity contribution >= 4 is 46.2 Å². The lowest BCUT2D eigenvalue weighted by Crippen LogP contribution is -2.23. The number of rotatable bonds is 3. The van der Waals surface area contributed by atoms with Crippen LogP contribution >= 0.6 is 23.4 Å². The Labute approximate surface area is 157 Å². The zero-order chi connectivity index (χ0) is 18.0. The Balaban J connectivity index is 1.87. The summed E-state index contributed by atoms with van der Waals surface area (Å²) >= 11 is 7.52. The lowest BCUT2D eigenvalue weighted by atomic mass is 10.0. The van der Waals surface area contributed by atoms with Gasteiger partial charge in [-0.2, -0.15) is 0 Å². The van der Waals surface area contributed by atoms with E-state index < -0.39 is 0 Å². The van der Waals surface area contributed by atoms with Gasteiger partial charge in [-0.15, -0.1) is 0 Å². The smallest absolute Gasteiger partial charge is 0.266 e. The van der Waals surface area contributed by atoms with Gasteiger partial charge in [0.05, 0.1) is 15.6 Å². The normalized spacial score (nSPS) is 18.0. The quantitative estimate of drug-likeness (QED) is 0.649. The molecule has 2 aromatic carbocycles. The minimum Gasteiger partial charge on any atom is -0.290 e. The number of hydrogen-bond acceptors (Lipinski definition) is 3. The molecule has 25 heavy (non-hydrogen) atoms. The van der Waals surface area contributed by atoms with Gasteiger partial charge in [0.25, 0.3) is 5.91 Å². The number of aliphatic imine (C=N–C) groups is 1. The fourth-order valence-corrected chi connectivity index (χ4v) is 3.58. The van der Waals surface area contributed by atoms with Crippen LogP contribution in [0.5, 0.6) is 0 Å². The molecule has 5 heteroatoms. The van der Waals surface area contributed by atoms with Crippen LogP contribution in [0.15, 0.2) is 58.4 Å². The number of amides is 1. The number of hydrogen-bond donors (Lipinski definition) is 0. The molecule has 128 valence electrons. The molecule has 0 bridgehead atoms. The van der Waals surface area contributed by atoms with E-state index >= 15 is 0 Å². The Morgan fingerprint density at radius 2 is 1.80 bits per heavy atom. The Kier molecular flexibility index (Phi) is 5.30. The first-order chi connectivity index (χ1) is 12.0. The zero-order valence-electron chi connectivity index (χ0n) is 14.4. The van der Waals surface area contributed by atoms with Gasteiger partial charge in [-0.1, -0.05) is 61.8 Å². The van der Waals surface area contributed by atoms with Crippen LogP contribution in [-0.2, 0) is 4.79 Å². The maximum Gasteiger partial charge on any atom is 0.266 e. The van der Waals surface area contributed by atoms with Crippen molar-refractivity contribution in [2.45, 2.75) is 19.8 Å². The van der Waals surface area contributed by atoms with E-state index in [0.717, 1.165) is 5.56 Å². The summed E-state index contributed by atoms with van der Waals surface area (Å²) in [5, 5.41) is 1.20. The molecular weight excluding hydrogens is 352 g/mol. The summed E-state index contributed by atoms with van der Waals surface area (Å²) < 4.78 is 0. The molecular formula is C20H19ClN2OS. The molecule has 1 amide bonds. The van der Waals surface area contributed by atoms with Crippen LogP contribution in [-0.4, -0.2) is 23.0 Å². The predicted octanol–water partition coefficient (Wildman–Crippen LogP) is 5.70. The fourth-order valence-electron chi connectivity index (χ4n) is 2.43. The van der Waals surface area contributed by atoms with Crippen molar-refractivity contribution in [3.63, 3.8) is 0 Å². The van der Waals surface area contributed by atoms with E-state index in [1.807, 2.05) is 36.4 Å². The first kappa shape index (κ1) is 17.8. The summed E-state index contributed by atoms with van der Waals surface area (Å²) in [6.07, 6.45) is 1.91. The molecule has 0 aromatic heterocycles. The summed E-state index contributed by atoms with van der Waals surface area (Å²) in [7, 11) is 1.73. The van der Waals surface area contributed by atoms with Gasteiger partial charge in [0, 0.05) is 7.05 Å².